The second-order valence-electron chi connectivity index (χ2n) is 15.5. The van der Waals surface area contributed by atoms with Gasteiger partial charge in [-0.25, -0.2) is 14.8 Å². The van der Waals surface area contributed by atoms with Crippen molar-refractivity contribution < 1.29 is 28.6 Å². The van der Waals surface area contributed by atoms with E-state index in [9.17, 15) is 14.4 Å². The summed E-state index contributed by atoms with van der Waals surface area (Å²) >= 11 is 0. The lowest BCUT2D eigenvalue weighted by atomic mass is 9.85. The summed E-state index contributed by atoms with van der Waals surface area (Å²) in [5.74, 6) is 2.01. The zero-order chi connectivity index (χ0) is 35.0. The number of aromatic nitrogens is 4. The van der Waals surface area contributed by atoms with Crippen molar-refractivity contribution in [3.8, 4) is 11.6 Å². The smallest absolute Gasteiger partial charge is 0.408 e. The Hall–Kier alpha value is -4.35. The first-order valence-corrected chi connectivity index (χ1v) is 18.2. The maximum atomic E-state index is 14.3. The summed E-state index contributed by atoms with van der Waals surface area (Å²) in [6.07, 6.45) is 11.8. The quantitative estimate of drug-likeness (QED) is 0.344. The number of aryl methyl sites for hydroxylation is 1. The standard InChI is InChI=1S/C38H48N6O6/c1-5-25-31(20-45)44-19-33(25)49-35-29(41-28-12-11-24(17-30(28)42-35)48-21-23-18-39-13-14-40-23)10-8-6-7-9-26-27-15-22(27)16-32(26)50-37(47)43-34(36(44)46)38(2,3)4/h11-14,17-18,20,22,25-27,31-34H,5-10,15-16,19,21H2,1-4H3,(H,43,47)/t22?,25-,26+,27?,31+,32+,33-,34+/m0/s1. The van der Waals surface area contributed by atoms with Gasteiger partial charge in [-0.2, -0.15) is 0 Å². The van der Waals surface area contributed by atoms with Gasteiger partial charge in [0.05, 0.1) is 35.5 Å². The molecule has 2 aromatic heterocycles. The lowest BCUT2D eigenvalue weighted by molar-refractivity contribution is -0.139. The van der Waals surface area contributed by atoms with E-state index in [0.29, 0.717) is 53.4 Å². The molecule has 7 rings (SSSR count). The SMILES string of the molecule is CC[C@@H]1[C@@H]2CN(C(=O)[C@H](C(C)(C)C)NC(=O)O[C@@H]3CC4CC4[C@H]3CCCCCc3nc4ccc(OCc5cnccn5)cc4nc3O2)[C@@H]1C=O. The predicted octanol–water partition coefficient (Wildman–Crippen LogP) is 5.46. The summed E-state index contributed by atoms with van der Waals surface area (Å²) < 4.78 is 18.8. The minimum atomic E-state index is -0.890. The number of ether oxygens (including phenoxy) is 3. The Balaban J connectivity index is 1.21. The minimum absolute atomic E-state index is 0.141. The zero-order valence-electron chi connectivity index (χ0n) is 29.4. The van der Waals surface area contributed by atoms with Crippen LogP contribution in [0.2, 0.25) is 0 Å². The van der Waals surface area contributed by atoms with Crippen LogP contribution in [0.1, 0.15) is 84.0 Å². The Kier molecular flexibility index (Phi) is 9.63. The van der Waals surface area contributed by atoms with Crippen molar-refractivity contribution in [1.29, 1.82) is 0 Å². The van der Waals surface area contributed by atoms with Crippen molar-refractivity contribution in [2.24, 2.45) is 29.1 Å². The highest BCUT2D eigenvalue weighted by Gasteiger charge is 2.55. The molecule has 3 aromatic rings. The lowest BCUT2D eigenvalue weighted by Crippen LogP contribution is -2.56. The van der Waals surface area contributed by atoms with Gasteiger partial charge in [-0.1, -0.05) is 40.5 Å². The molecule has 8 atom stereocenters. The van der Waals surface area contributed by atoms with E-state index in [1.54, 1.807) is 23.5 Å². The largest absolute Gasteiger partial charge is 0.487 e. The number of nitrogens with zero attached hydrogens (tertiary/aromatic N) is 5. The molecule has 1 saturated heterocycles. The van der Waals surface area contributed by atoms with Crippen LogP contribution < -0.4 is 14.8 Å². The normalized spacial score (nSPS) is 30.1. The number of nitrogens with one attached hydrogen (secondary N) is 1. The highest BCUT2D eigenvalue weighted by molar-refractivity contribution is 5.89. The molecule has 4 aliphatic rings. The first kappa shape index (κ1) is 34.1. The summed E-state index contributed by atoms with van der Waals surface area (Å²) in [5.41, 5.74) is 2.19. The molecule has 2 aliphatic heterocycles. The van der Waals surface area contributed by atoms with Gasteiger partial charge >= 0.3 is 6.09 Å². The Labute approximate surface area is 293 Å². The van der Waals surface area contributed by atoms with E-state index in [4.69, 9.17) is 24.2 Å². The van der Waals surface area contributed by atoms with Crippen LogP contribution in [0.3, 0.4) is 0 Å². The molecular formula is C38H48N6O6. The third kappa shape index (κ3) is 7.11. The molecule has 2 saturated carbocycles. The lowest BCUT2D eigenvalue weighted by Gasteiger charge is -2.35. The van der Waals surface area contributed by atoms with Crippen molar-refractivity contribution in [2.75, 3.05) is 6.54 Å². The summed E-state index contributed by atoms with van der Waals surface area (Å²) in [6, 6.07) is 4.01. The molecule has 3 fully saturated rings. The summed E-state index contributed by atoms with van der Waals surface area (Å²) in [6.45, 7) is 8.17. The number of aldehydes is 1. The highest BCUT2D eigenvalue weighted by Crippen LogP contribution is 2.57. The van der Waals surface area contributed by atoms with Gasteiger partial charge in [-0.3, -0.25) is 14.8 Å². The highest BCUT2D eigenvalue weighted by atomic mass is 16.6. The van der Waals surface area contributed by atoms with Crippen LogP contribution in [0.5, 0.6) is 11.6 Å². The topological polar surface area (TPSA) is 146 Å². The number of carbonyl (C=O) groups is 3. The first-order chi connectivity index (χ1) is 24.1. The van der Waals surface area contributed by atoms with Crippen LogP contribution in [-0.2, 0) is 27.4 Å². The van der Waals surface area contributed by atoms with Crippen molar-refractivity contribution in [3.63, 3.8) is 0 Å². The predicted molar refractivity (Wildman–Crippen MR) is 184 cm³/mol. The molecule has 0 radical (unpaired) electrons. The minimum Gasteiger partial charge on any atom is -0.487 e. The van der Waals surface area contributed by atoms with Gasteiger partial charge < -0.3 is 29.2 Å². The van der Waals surface area contributed by atoms with Crippen LogP contribution in [0.4, 0.5) is 4.79 Å². The number of alkyl carbamates (subject to hydrolysis) is 1. The molecule has 1 aromatic carbocycles. The molecule has 266 valence electrons. The molecule has 12 nitrogen and oxygen atoms in total. The van der Waals surface area contributed by atoms with Gasteiger partial charge in [0, 0.05) is 24.4 Å². The summed E-state index contributed by atoms with van der Waals surface area (Å²) in [4.78, 5) is 60.3. The second-order valence-corrected chi connectivity index (χ2v) is 15.5. The average molecular weight is 685 g/mol. The third-order valence-corrected chi connectivity index (χ3v) is 11.1. The molecule has 12 heteroatoms. The van der Waals surface area contributed by atoms with Gasteiger partial charge in [0.2, 0.25) is 11.8 Å². The molecule has 1 N–H and O–H groups in total. The van der Waals surface area contributed by atoms with Crippen molar-refractivity contribution in [1.82, 2.24) is 30.2 Å². The fourth-order valence-electron chi connectivity index (χ4n) is 8.35. The van der Waals surface area contributed by atoms with E-state index in [-0.39, 0.29) is 31.1 Å². The van der Waals surface area contributed by atoms with Gasteiger partial charge in [0.1, 0.15) is 42.6 Å². The Bertz CT molecular complexity index is 1720. The average Bonchev–Trinajstić information content (AvgIpc) is 3.65. The number of rotatable bonds is 5. The maximum absolute atomic E-state index is 14.3. The van der Waals surface area contributed by atoms with Crippen molar-refractivity contribution in [3.05, 3.63) is 48.2 Å². The van der Waals surface area contributed by atoms with Gasteiger partial charge in [-0.15, -0.1) is 0 Å². The molecule has 50 heavy (non-hydrogen) atoms. The van der Waals surface area contributed by atoms with Crippen LogP contribution in [-0.4, -0.2) is 74.0 Å². The molecule has 0 spiro atoms. The van der Waals surface area contributed by atoms with Crippen molar-refractivity contribution in [2.45, 2.75) is 110 Å². The summed E-state index contributed by atoms with van der Waals surface area (Å²) in [7, 11) is 0. The molecule has 2 unspecified atom stereocenters. The number of hydrogen-bond acceptors (Lipinski definition) is 10. The zero-order valence-corrected chi connectivity index (χ0v) is 29.4. The third-order valence-electron chi connectivity index (χ3n) is 11.1. The van der Waals surface area contributed by atoms with Crippen LogP contribution in [0, 0.1) is 29.1 Å². The second kappa shape index (κ2) is 14.1. The fourth-order valence-corrected chi connectivity index (χ4v) is 8.35. The van der Waals surface area contributed by atoms with Crippen LogP contribution in [0.15, 0.2) is 36.8 Å². The molecule has 4 heterocycles. The molecule has 2 amide bonds. The number of amides is 2. The maximum Gasteiger partial charge on any atom is 0.408 e. The number of fused-ring (bicyclic) bond motifs is 7. The van der Waals surface area contributed by atoms with Gasteiger partial charge in [0.15, 0.2) is 0 Å². The first-order valence-electron chi connectivity index (χ1n) is 18.2. The van der Waals surface area contributed by atoms with E-state index in [2.05, 4.69) is 15.3 Å². The molecule has 2 bridgehead atoms. The van der Waals surface area contributed by atoms with E-state index in [1.165, 1.54) is 6.42 Å². The number of hydrogen-bond donors (Lipinski definition) is 1. The van der Waals surface area contributed by atoms with E-state index < -0.39 is 29.7 Å². The van der Waals surface area contributed by atoms with Gasteiger partial charge in [-0.05, 0) is 73.8 Å². The Morgan fingerprint density at radius 1 is 1.02 bits per heavy atom. The monoisotopic (exact) mass is 684 g/mol. The number of carbonyl (C=O) groups excluding carboxylic acids is 3. The Morgan fingerprint density at radius 2 is 1.88 bits per heavy atom. The van der Waals surface area contributed by atoms with Crippen LogP contribution >= 0.6 is 0 Å². The Morgan fingerprint density at radius 3 is 2.64 bits per heavy atom. The van der Waals surface area contributed by atoms with E-state index in [0.717, 1.165) is 49.6 Å². The van der Waals surface area contributed by atoms with E-state index in [1.807, 2.05) is 45.9 Å². The molecular weight excluding hydrogens is 636 g/mol. The fraction of sp³-hybridized carbons (Fsp3) is 0.605. The van der Waals surface area contributed by atoms with Crippen LogP contribution in [0.25, 0.3) is 11.0 Å². The number of benzene rings is 1. The summed E-state index contributed by atoms with van der Waals surface area (Å²) in [5, 5.41) is 2.92. The molecule has 2 aliphatic carbocycles. The van der Waals surface area contributed by atoms with Gasteiger partial charge in [0.25, 0.3) is 0 Å². The van der Waals surface area contributed by atoms with Crippen molar-refractivity contribution >= 4 is 29.3 Å². The van der Waals surface area contributed by atoms with E-state index >= 15 is 0 Å².